The van der Waals surface area contributed by atoms with Crippen LogP contribution in [0.1, 0.15) is 42.2 Å². The molecule has 0 bridgehead atoms. The lowest BCUT2D eigenvalue weighted by atomic mass is 9.79. The Morgan fingerprint density at radius 3 is 2.55 bits per heavy atom. The van der Waals surface area contributed by atoms with Crippen molar-refractivity contribution in [1.29, 1.82) is 0 Å². The van der Waals surface area contributed by atoms with E-state index in [1.165, 1.54) is 0 Å². The molecule has 1 fully saturated rings. The minimum atomic E-state index is -0.649. The molecule has 3 aromatic rings. The van der Waals surface area contributed by atoms with Crippen LogP contribution in [0, 0.1) is 5.41 Å². The van der Waals surface area contributed by atoms with Crippen molar-refractivity contribution in [3.05, 3.63) is 72.3 Å². The van der Waals surface area contributed by atoms with Gasteiger partial charge >= 0.3 is 0 Å². The van der Waals surface area contributed by atoms with E-state index in [2.05, 4.69) is 28.3 Å². The Morgan fingerprint density at radius 2 is 1.88 bits per heavy atom. The summed E-state index contributed by atoms with van der Waals surface area (Å²) in [5.74, 6) is -0.00847. The number of carbonyl (C=O) groups excluding carboxylic acids is 2. The van der Waals surface area contributed by atoms with Gasteiger partial charge in [-0.1, -0.05) is 24.3 Å². The first kappa shape index (κ1) is 22.7. The van der Waals surface area contributed by atoms with Crippen molar-refractivity contribution in [1.82, 2.24) is 24.6 Å². The maximum absolute atomic E-state index is 13.4. The van der Waals surface area contributed by atoms with E-state index in [4.69, 9.17) is 0 Å². The maximum Gasteiger partial charge on any atom is 0.257 e. The van der Waals surface area contributed by atoms with Crippen LogP contribution in [0.2, 0.25) is 0 Å². The number of likely N-dealkylation sites (tertiary alicyclic amines) is 1. The fourth-order valence-electron chi connectivity index (χ4n) is 4.62. The van der Waals surface area contributed by atoms with Crippen molar-refractivity contribution in [3.8, 4) is 11.1 Å². The fourth-order valence-corrected chi connectivity index (χ4v) is 4.62. The summed E-state index contributed by atoms with van der Waals surface area (Å²) in [7, 11) is 3.57. The quantitative estimate of drug-likeness (QED) is 0.580. The van der Waals surface area contributed by atoms with E-state index in [-0.39, 0.29) is 17.9 Å². The van der Waals surface area contributed by atoms with E-state index in [1.807, 2.05) is 32.0 Å². The van der Waals surface area contributed by atoms with Crippen molar-refractivity contribution in [2.45, 2.75) is 32.7 Å². The SMILES string of the molecule is CC(C)n1cc(C(=O)N2CCC(Cc3cccc(-c4ccncc4)c3)(C(=O)N(C)C)C2)cn1. The van der Waals surface area contributed by atoms with Gasteiger partial charge in [0.2, 0.25) is 5.91 Å². The van der Waals surface area contributed by atoms with Crippen molar-refractivity contribution in [3.63, 3.8) is 0 Å². The first-order valence-electron chi connectivity index (χ1n) is 11.3. The van der Waals surface area contributed by atoms with Gasteiger partial charge in [0, 0.05) is 51.8 Å². The minimum Gasteiger partial charge on any atom is -0.348 e. The van der Waals surface area contributed by atoms with E-state index in [0.717, 1.165) is 16.7 Å². The molecule has 1 aliphatic rings. The number of nitrogens with zero attached hydrogens (tertiary/aromatic N) is 5. The molecule has 7 nitrogen and oxygen atoms in total. The molecule has 1 aromatic carbocycles. The molecule has 172 valence electrons. The second-order valence-electron chi connectivity index (χ2n) is 9.37. The average Bonchev–Trinajstić information content (AvgIpc) is 3.48. The van der Waals surface area contributed by atoms with E-state index >= 15 is 0 Å². The molecule has 4 rings (SSSR count). The van der Waals surface area contributed by atoms with Crippen LogP contribution in [0.15, 0.2) is 61.2 Å². The number of benzene rings is 1. The minimum absolute atomic E-state index is 0.0602. The lowest BCUT2D eigenvalue weighted by molar-refractivity contribution is -0.138. The monoisotopic (exact) mass is 445 g/mol. The second-order valence-corrected chi connectivity index (χ2v) is 9.37. The zero-order valence-electron chi connectivity index (χ0n) is 19.7. The van der Waals surface area contributed by atoms with E-state index in [0.29, 0.717) is 31.5 Å². The summed E-state index contributed by atoms with van der Waals surface area (Å²) >= 11 is 0. The van der Waals surface area contributed by atoms with Crippen LogP contribution in [0.3, 0.4) is 0 Å². The van der Waals surface area contributed by atoms with Crippen LogP contribution < -0.4 is 0 Å². The number of hydrogen-bond donors (Lipinski definition) is 0. The smallest absolute Gasteiger partial charge is 0.257 e. The Morgan fingerprint density at radius 1 is 1.12 bits per heavy atom. The Balaban J connectivity index is 1.59. The summed E-state index contributed by atoms with van der Waals surface area (Å²) in [5, 5.41) is 4.30. The summed E-state index contributed by atoms with van der Waals surface area (Å²) in [6.45, 7) is 5.00. The van der Waals surface area contributed by atoms with Crippen LogP contribution in [0.5, 0.6) is 0 Å². The summed E-state index contributed by atoms with van der Waals surface area (Å²) in [4.78, 5) is 34.1. The predicted molar refractivity (Wildman–Crippen MR) is 128 cm³/mol. The molecule has 0 aliphatic carbocycles. The van der Waals surface area contributed by atoms with Gasteiger partial charge in [0.05, 0.1) is 17.2 Å². The highest BCUT2D eigenvalue weighted by Crippen LogP contribution is 2.37. The number of aromatic nitrogens is 3. The summed E-state index contributed by atoms with van der Waals surface area (Å²) in [5.41, 5.74) is 3.18. The summed E-state index contributed by atoms with van der Waals surface area (Å²) in [6.07, 6.45) is 8.18. The normalized spacial score (nSPS) is 18.0. The van der Waals surface area contributed by atoms with Crippen molar-refractivity contribution in [2.24, 2.45) is 5.41 Å². The molecule has 2 amide bonds. The molecule has 2 aromatic heterocycles. The van der Waals surface area contributed by atoms with Crippen LogP contribution in [-0.2, 0) is 11.2 Å². The topological polar surface area (TPSA) is 71.3 Å². The van der Waals surface area contributed by atoms with Gasteiger partial charge in [0.25, 0.3) is 5.91 Å². The Bertz CT molecular complexity index is 1140. The largest absolute Gasteiger partial charge is 0.348 e. The summed E-state index contributed by atoms with van der Waals surface area (Å²) < 4.78 is 1.78. The second kappa shape index (κ2) is 9.17. The molecule has 33 heavy (non-hydrogen) atoms. The van der Waals surface area contributed by atoms with Crippen molar-refractivity contribution >= 4 is 11.8 Å². The van der Waals surface area contributed by atoms with Crippen LogP contribution in [0.25, 0.3) is 11.1 Å². The predicted octanol–water partition coefficient (Wildman–Crippen LogP) is 3.69. The summed E-state index contributed by atoms with van der Waals surface area (Å²) in [6, 6.07) is 12.4. The van der Waals surface area contributed by atoms with Crippen LogP contribution >= 0.6 is 0 Å². The van der Waals surface area contributed by atoms with Gasteiger partial charge < -0.3 is 9.80 Å². The van der Waals surface area contributed by atoms with Crippen LogP contribution in [0.4, 0.5) is 0 Å². The molecule has 0 spiro atoms. The molecule has 1 aliphatic heterocycles. The van der Waals surface area contributed by atoms with E-state index in [1.54, 1.807) is 53.4 Å². The Kier molecular flexibility index (Phi) is 6.31. The lowest BCUT2D eigenvalue weighted by Crippen LogP contribution is -2.44. The highest BCUT2D eigenvalue weighted by molar-refractivity contribution is 5.95. The number of hydrogen-bond acceptors (Lipinski definition) is 4. The van der Waals surface area contributed by atoms with E-state index < -0.39 is 5.41 Å². The van der Waals surface area contributed by atoms with Gasteiger partial charge in [-0.05, 0) is 55.5 Å². The molecule has 0 radical (unpaired) electrons. The Labute approximate surface area is 195 Å². The van der Waals surface area contributed by atoms with Gasteiger partial charge in [0.15, 0.2) is 0 Å². The lowest BCUT2D eigenvalue weighted by Gasteiger charge is -2.31. The molecule has 7 heteroatoms. The first-order valence-corrected chi connectivity index (χ1v) is 11.3. The number of carbonyl (C=O) groups is 2. The number of pyridine rings is 1. The first-order chi connectivity index (χ1) is 15.8. The maximum atomic E-state index is 13.4. The van der Waals surface area contributed by atoms with E-state index in [9.17, 15) is 9.59 Å². The van der Waals surface area contributed by atoms with Gasteiger partial charge in [-0.2, -0.15) is 5.10 Å². The number of rotatable bonds is 6. The molecular formula is C26H31N5O2. The standard InChI is InChI=1S/C26H31N5O2/c1-19(2)31-17-23(16-28-31)24(32)30-13-10-26(18-30,25(33)29(3)4)15-20-6-5-7-22(14-20)21-8-11-27-12-9-21/h5-9,11-12,14,16-17,19H,10,13,15,18H2,1-4H3. The Hall–Kier alpha value is -3.48. The third kappa shape index (κ3) is 4.67. The highest BCUT2D eigenvalue weighted by Gasteiger charge is 2.47. The molecule has 3 heterocycles. The third-order valence-electron chi connectivity index (χ3n) is 6.36. The van der Waals surface area contributed by atoms with Crippen LogP contribution in [-0.4, -0.2) is 63.6 Å². The van der Waals surface area contributed by atoms with Gasteiger partial charge in [-0.15, -0.1) is 0 Å². The molecule has 1 atom stereocenters. The van der Waals surface area contributed by atoms with Crippen molar-refractivity contribution in [2.75, 3.05) is 27.2 Å². The van der Waals surface area contributed by atoms with Crippen molar-refractivity contribution < 1.29 is 9.59 Å². The van der Waals surface area contributed by atoms with Gasteiger partial charge in [-0.3, -0.25) is 19.3 Å². The molecule has 1 saturated heterocycles. The molecule has 0 saturated carbocycles. The van der Waals surface area contributed by atoms with Gasteiger partial charge in [0.1, 0.15) is 0 Å². The fraction of sp³-hybridized carbons (Fsp3) is 0.385. The molecular weight excluding hydrogens is 414 g/mol. The highest BCUT2D eigenvalue weighted by atomic mass is 16.2. The molecule has 0 N–H and O–H groups in total. The zero-order chi connectivity index (χ0) is 23.6. The zero-order valence-corrected chi connectivity index (χ0v) is 19.7. The van der Waals surface area contributed by atoms with Gasteiger partial charge in [-0.25, -0.2) is 0 Å². The number of amides is 2. The average molecular weight is 446 g/mol. The third-order valence-corrected chi connectivity index (χ3v) is 6.36. The molecule has 1 unspecified atom stereocenters.